The Bertz CT molecular complexity index is 1960. The molecule has 0 saturated carbocycles. The van der Waals surface area contributed by atoms with E-state index in [9.17, 15) is 20.1 Å². The molecule has 5 heterocycles. The highest BCUT2D eigenvalue weighted by Crippen LogP contribution is 2.48. The van der Waals surface area contributed by atoms with Crippen molar-refractivity contribution in [2.24, 2.45) is 0 Å². The molecule has 4 N–H and O–H groups in total. The first kappa shape index (κ1) is 22.7. The van der Waals surface area contributed by atoms with Gasteiger partial charge < -0.3 is 39.1 Å². The van der Waals surface area contributed by atoms with Crippen molar-refractivity contribution in [2.75, 3.05) is 19.7 Å². The minimum absolute atomic E-state index is 0.117. The van der Waals surface area contributed by atoms with Crippen LogP contribution in [0, 0.1) is 0 Å². The summed E-state index contributed by atoms with van der Waals surface area (Å²) < 4.78 is 10.0. The van der Waals surface area contributed by atoms with Crippen molar-refractivity contribution >= 4 is 60.5 Å². The largest absolute Gasteiger partial charge is 0.494 e. The van der Waals surface area contributed by atoms with Gasteiger partial charge in [-0.05, 0) is 25.0 Å². The zero-order valence-electron chi connectivity index (χ0n) is 21.2. The molecular weight excluding hydrogens is 496 g/mol. The second kappa shape index (κ2) is 7.91. The van der Waals surface area contributed by atoms with Crippen LogP contribution < -0.4 is 0 Å². The minimum Gasteiger partial charge on any atom is -0.494 e. The summed E-state index contributed by atoms with van der Waals surface area (Å²) in [7, 11) is 0. The molecular formula is C30H28N4O5. The van der Waals surface area contributed by atoms with Gasteiger partial charge in [-0.15, -0.1) is 0 Å². The van der Waals surface area contributed by atoms with Gasteiger partial charge in [0.2, 0.25) is 0 Å². The summed E-state index contributed by atoms with van der Waals surface area (Å²) in [6.45, 7) is 1.14. The Kier molecular flexibility index (Phi) is 4.61. The number of hydrogen-bond acceptors (Lipinski definition) is 5. The standard InChI is InChI=1S/C30H28N4O5/c35-17-9-11-32(12-10-17)29(37)39-16-30(38)14-33-21-7-3-1-5-18(21)23-20-13-31-28(36)25(20)24-19-6-2-4-8-22(19)34(15-30)27(24)26(23)33/h1-8,13,17,31,35-36,38H,9-12,14-16H2. The van der Waals surface area contributed by atoms with Crippen molar-refractivity contribution in [3.05, 3.63) is 54.7 Å². The summed E-state index contributed by atoms with van der Waals surface area (Å²) in [5.74, 6) is 0.117. The topological polar surface area (TPSA) is 116 Å². The zero-order valence-corrected chi connectivity index (χ0v) is 21.2. The minimum atomic E-state index is -1.40. The molecule has 6 aromatic rings. The molecule has 8 rings (SSSR count). The van der Waals surface area contributed by atoms with Crippen LogP contribution >= 0.6 is 0 Å². The van der Waals surface area contributed by atoms with Gasteiger partial charge in [0.25, 0.3) is 0 Å². The van der Waals surface area contributed by atoms with Gasteiger partial charge in [-0.2, -0.15) is 0 Å². The maximum atomic E-state index is 12.9. The SMILES string of the molecule is O=C(OCC1(O)Cn2c3ccccc3c3c4c[nH]c(O)c4c4c5ccccc5n(c4c32)C1)N1CCC(O)CC1. The lowest BCUT2D eigenvalue weighted by atomic mass is 10.0. The van der Waals surface area contributed by atoms with Crippen LogP contribution in [0.15, 0.2) is 54.7 Å². The van der Waals surface area contributed by atoms with Crippen LogP contribution in [0.5, 0.6) is 5.88 Å². The number of amides is 1. The number of piperidine rings is 1. The fourth-order valence-electron chi connectivity index (χ4n) is 6.88. The van der Waals surface area contributed by atoms with Crippen molar-refractivity contribution in [1.29, 1.82) is 0 Å². The number of aliphatic hydroxyl groups is 2. The van der Waals surface area contributed by atoms with E-state index in [1.807, 2.05) is 48.7 Å². The lowest BCUT2D eigenvalue weighted by molar-refractivity contribution is -0.0507. The van der Waals surface area contributed by atoms with E-state index >= 15 is 0 Å². The predicted molar refractivity (Wildman–Crippen MR) is 149 cm³/mol. The van der Waals surface area contributed by atoms with Crippen LogP contribution in [-0.2, 0) is 17.8 Å². The van der Waals surface area contributed by atoms with E-state index in [4.69, 9.17) is 4.74 Å². The van der Waals surface area contributed by atoms with Gasteiger partial charge in [-0.1, -0.05) is 36.4 Å². The number of H-pyrrole nitrogens is 1. The van der Waals surface area contributed by atoms with Gasteiger partial charge in [0.05, 0.1) is 35.6 Å². The monoisotopic (exact) mass is 524 g/mol. The molecule has 1 unspecified atom stereocenters. The number of aromatic hydroxyl groups is 1. The zero-order chi connectivity index (χ0) is 26.5. The first-order valence-electron chi connectivity index (χ1n) is 13.4. The van der Waals surface area contributed by atoms with Crippen LogP contribution in [0.25, 0.3) is 54.4 Å². The number of hydrogen-bond donors (Lipinski definition) is 4. The third kappa shape index (κ3) is 3.11. The number of rotatable bonds is 2. The molecule has 1 amide bonds. The van der Waals surface area contributed by atoms with E-state index < -0.39 is 17.8 Å². The van der Waals surface area contributed by atoms with E-state index in [1.54, 1.807) is 4.90 Å². The van der Waals surface area contributed by atoms with Gasteiger partial charge in [0, 0.05) is 57.3 Å². The average molecular weight is 525 g/mol. The van der Waals surface area contributed by atoms with E-state index in [2.05, 4.69) is 20.2 Å². The summed E-state index contributed by atoms with van der Waals surface area (Å²) >= 11 is 0. The first-order chi connectivity index (χ1) is 18.9. The summed E-state index contributed by atoms with van der Waals surface area (Å²) in [6.07, 6.45) is 2.04. The van der Waals surface area contributed by atoms with Gasteiger partial charge >= 0.3 is 6.09 Å². The molecule has 3 aromatic carbocycles. The lowest BCUT2D eigenvalue weighted by Crippen LogP contribution is -2.46. The fourth-order valence-corrected chi connectivity index (χ4v) is 6.88. The lowest BCUT2D eigenvalue weighted by Gasteiger charge is -2.32. The number of aromatic nitrogens is 3. The molecule has 9 nitrogen and oxygen atoms in total. The molecule has 1 fully saturated rings. The molecule has 2 aliphatic rings. The summed E-state index contributed by atoms with van der Waals surface area (Å²) in [6, 6.07) is 16.1. The Hall–Kier alpha value is -4.21. The van der Waals surface area contributed by atoms with Gasteiger partial charge in [0.1, 0.15) is 12.2 Å². The van der Waals surface area contributed by atoms with Crippen LogP contribution in [0.4, 0.5) is 4.79 Å². The van der Waals surface area contributed by atoms with E-state index in [1.165, 1.54) is 0 Å². The fraction of sp³-hybridized carbons (Fsp3) is 0.300. The summed E-state index contributed by atoms with van der Waals surface area (Å²) in [4.78, 5) is 17.6. The van der Waals surface area contributed by atoms with Gasteiger partial charge in [0.15, 0.2) is 5.88 Å². The van der Waals surface area contributed by atoms with E-state index in [0.717, 1.165) is 54.4 Å². The third-order valence-electron chi connectivity index (χ3n) is 8.64. The summed E-state index contributed by atoms with van der Waals surface area (Å²) in [5.41, 5.74) is 2.44. The number of fused-ring (bicyclic) bond motifs is 9. The molecule has 39 heavy (non-hydrogen) atoms. The summed E-state index contributed by atoms with van der Waals surface area (Å²) in [5, 5.41) is 38.6. The quantitative estimate of drug-likeness (QED) is 0.268. The Morgan fingerprint density at radius 1 is 0.897 bits per heavy atom. The molecule has 3 aromatic heterocycles. The number of carbonyl (C=O) groups is 1. The Balaban J connectivity index is 1.36. The Morgan fingerprint density at radius 2 is 1.49 bits per heavy atom. The number of ether oxygens (including phenoxy) is 1. The molecule has 0 radical (unpaired) electrons. The third-order valence-corrected chi connectivity index (χ3v) is 8.64. The van der Waals surface area contributed by atoms with Crippen LogP contribution in [0.1, 0.15) is 12.8 Å². The average Bonchev–Trinajstić information content (AvgIpc) is 3.55. The van der Waals surface area contributed by atoms with Crippen molar-refractivity contribution in [2.45, 2.75) is 37.6 Å². The van der Waals surface area contributed by atoms with Crippen molar-refractivity contribution in [3.8, 4) is 5.88 Å². The molecule has 9 heteroatoms. The number of para-hydroxylation sites is 2. The maximum absolute atomic E-state index is 12.9. The molecule has 0 bridgehead atoms. The van der Waals surface area contributed by atoms with Crippen molar-refractivity contribution < 1.29 is 24.9 Å². The number of aromatic amines is 1. The van der Waals surface area contributed by atoms with Gasteiger partial charge in [-0.25, -0.2) is 4.79 Å². The number of carbonyl (C=O) groups excluding carboxylic acids is 1. The second-order valence-corrected chi connectivity index (χ2v) is 11.1. The van der Waals surface area contributed by atoms with Crippen molar-refractivity contribution in [1.82, 2.24) is 19.0 Å². The smallest absolute Gasteiger partial charge is 0.409 e. The number of benzene rings is 3. The second-order valence-electron chi connectivity index (χ2n) is 11.1. The highest BCUT2D eigenvalue weighted by molar-refractivity contribution is 6.36. The molecule has 0 aliphatic carbocycles. The molecule has 1 atom stereocenters. The number of aliphatic hydroxyl groups excluding tert-OH is 1. The Labute approximate surface area is 222 Å². The van der Waals surface area contributed by atoms with Crippen LogP contribution in [0.2, 0.25) is 0 Å². The van der Waals surface area contributed by atoms with Gasteiger partial charge in [-0.3, -0.25) is 0 Å². The molecule has 1 saturated heterocycles. The molecule has 0 spiro atoms. The number of nitrogens with zero attached hydrogens (tertiary/aromatic N) is 3. The van der Waals surface area contributed by atoms with E-state index in [0.29, 0.717) is 25.9 Å². The van der Waals surface area contributed by atoms with Crippen molar-refractivity contribution in [3.63, 3.8) is 0 Å². The molecule has 2 aliphatic heterocycles. The van der Waals surface area contributed by atoms with Crippen LogP contribution in [0.3, 0.4) is 0 Å². The highest BCUT2D eigenvalue weighted by Gasteiger charge is 2.38. The number of likely N-dealkylation sites (tertiary alicyclic amines) is 1. The number of nitrogens with one attached hydrogen (secondary N) is 1. The predicted octanol–water partition coefficient (Wildman–Crippen LogP) is 4.43. The Morgan fingerprint density at radius 3 is 2.15 bits per heavy atom. The highest BCUT2D eigenvalue weighted by atomic mass is 16.6. The molecule has 198 valence electrons. The van der Waals surface area contributed by atoms with E-state index in [-0.39, 0.29) is 25.6 Å². The van der Waals surface area contributed by atoms with Crippen LogP contribution in [-0.4, -0.2) is 71.8 Å². The first-order valence-corrected chi connectivity index (χ1v) is 13.4. The maximum Gasteiger partial charge on any atom is 0.409 e. The normalized spacial score (nSPS) is 20.2.